The van der Waals surface area contributed by atoms with E-state index in [1.807, 2.05) is 36.5 Å². The molecule has 0 amide bonds. The molecule has 2 N–H and O–H groups in total. The average Bonchev–Trinajstić information content (AvgIpc) is 2.92. The van der Waals surface area contributed by atoms with Gasteiger partial charge in [-0.25, -0.2) is 4.68 Å². The van der Waals surface area contributed by atoms with E-state index < -0.39 is 0 Å². The van der Waals surface area contributed by atoms with Crippen LogP contribution in [0.4, 0.5) is 0 Å². The molecule has 0 unspecified atom stereocenters. The summed E-state index contributed by atoms with van der Waals surface area (Å²) in [4.78, 5) is 0. The van der Waals surface area contributed by atoms with Gasteiger partial charge in [0.15, 0.2) is 0 Å². The summed E-state index contributed by atoms with van der Waals surface area (Å²) in [5, 5.41) is 7.82. The highest BCUT2D eigenvalue weighted by Crippen LogP contribution is 2.07. The first-order valence-corrected chi connectivity index (χ1v) is 6.23. The number of nitrogens with two attached hydrogens (primary N) is 1. The van der Waals surface area contributed by atoms with Gasteiger partial charge in [-0.3, -0.25) is 0 Å². The van der Waals surface area contributed by atoms with Crippen LogP contribution < -0.4 is 10.5 Å². The summed E-state index contributed by atoms with van der Waals surface area (Å²) in [5.41, 5.74) is 6.23. The lowest BCUT2D eigenvalue weighted by molar-refractivity contribution is 0.0923. The molecule has 1 heterocycles. The van der Waals surface area contributed by atoms with Crippen LogP contribution >= 0.6 is 0 Å². The van der Waals surface area contributed by atoms with Crippen molar-refractivity contribution in [3.63, 3.8) is 0 Å². The molecular formula is C13H18N4O2. The van der Waals surface area contributed by atoms with Crippen LogP contribution in [0.15, 0.2) is 36.5 Å². The van der Waals surface area contributed by atoms with Crippen LogP contribution in [0.5, 0.6) is 5.75 Å². The first kappa shape index (κ1) is 13.5. The van der Waals surface area contributed by atoms with Crippen LogP contribution in [0.25, 0.3) is 0 Å². The number of para-hydroxylation sites is 1. The van der Waals surface area contributed by atoms with Gasteiger partial charge < -0.3 is 15.2 Å². The Bertz CT molecular complexity index is 473. The van der Waals surface area contributed by atoms with Crippen molar-refractivity contribution >= 4 is 0 Å². The van der Waals surface area contributed by atoms with Crippen LogP contribution in [0.2, 0.25) is 0 Å². The Morgan fingerprint density at radius 1 is 1.11 bits per heavy atom. The third-order valence-electron chi connectivity index (χ3n) is 2.50. The van der Waals surface area contributed by atoms with E-state index in [0.29, 0.717) is 32.9 Å². The SMILES string of the molecule is NCc1cn(CCOCCOc2ccccc2)nn1. The van der Waals surface area contributed by atoms with Gasteiger partial charge in [0.2, 0.25) is 0 Å². The zero-order valence-electron chi connectivity index (χ0n) is 10.7. The van der Waals surface area contributed by atoms with E-state index in [4.69, 9.17) is 15.2 Å². The summed E-state index contributed by atoms with van der Waals surface area (Å²) in [6.45, 7) is 2.73. The number of ether oxygens (including phenoxy) is 2. The molecule has 0 fully saturated rings. The highest BCUT2D eigenvalue weighted by Gasteiger charge is 1.98. The van der Waals surface area contributed by atoms with Crippen LogP contribution in [-0.2, 0) is 17.8 Å². The number of hydrogen-bond acceptors (Lipinski definition) is 5. The smallest absolute Gasteiger partial charge is 0.119 e. The Labute approximate surface area is 112 Å². The second-order valence-corrected chi connectivity index (χ2v) is 3.95. The molecular weight excluding hydrogens is 244 g/mol. The predicted octanol–water partition coefficient (Wildman–Crippen LogP) is 0.832. The molecule has 0 radical (unpaired) electrons. The number of aromatic nitrogens is 3. The van der Waals surface area contributed by atoms with Crippen LogP contribution in [0.3, 0.4) is 0 Å². The van der Waals surface area contributed by atoms with Gasteiger partial charge in [-0.05, 0) is 12.1 Å². The van der Waals surface area contributed by atoms with Gasteiger partial charge in [0.1, 0.15) is 12.4 Å². The minimum absolute atomic E-state index is 0.409. The van der Waals surface area contributed by atoms with E-state index in [0.717, 1.165) is 11.4 Å². The molecule has 19 heavy (non-hydrogen) atoms. The number of nitrogens with zero attached hydrogens (tertiary/aromatic N) is 3. The van der Waals surface area contributed by atoms with Gasteiger partial charge in [0, 0.05) is 12.7 Å². The fourth-order valence-electron chi connectivity index (χ4n) is 1.54. The maximum absolute atomic E-state index is 5.50. The van der Waals surface area contributed by atoms with Crippen molar-refractivity contribution in [2.24, 2.45) is 5.73 Å². The zero-order valence-corrected chi connectivity index (χ0v) is 10.7. The minimum atomic E-state index is 0.409. The zero-order chi connectivity index (χ0) is 13.3. The predicted molar refractivity (Wildman–Crippen MR) is 70.7 cm³/mol. The molecule has 2 aromatic rings. The topological polar surface area (TPSA) is 75.2 Å². The summed E-state index contributed by atoms with van der Waals surface area (Å²) in [6, 6.07) is 9.68. The van der Waals surface area contributed by atoms with Crippen LogP contribution in [0.1, 0.15) is 5.69 Å². The Morgan fingerprint density at radius 2 is 1.95 bits per heavy atom. The molecule has 1 aromatic carbocycles. The van der Waals surface area contributed by atoms with E-state index in [-0.39, 0.29) is 0 Å². The van der Waals surface area contributed by atoms with Crippen molar-refractivity contribution in [2.45, 2.75) is 13.1 Å². The van der Waals surface area contributed by atoms with Crippen LogP contribution in [0, 0.1) is 0 Å². The fraction of sp³-hybridized carbons (Fsp3) is 0.385. The molecule has 2 rings (SSSR count). The summed E-state index contributed by atoms with van der Waals surface area (Å²) in [7, 11) is 0. The van der Waals surface area contributed by atoms with Gasteiger partial charge in [-0.1, -0.05) is 23.4 Å². The number of benzene rings is 1. The largest absolute Gasteiger partial charge is 0.491 e. The maximum atomic E-state index is 5.50. The normalized spacial score (nSPS) is 10.6. The van der Waals surface area contributed by atoms with Crippen molar-refractivity contribution in [1.82, 2.24) is 15.0 Å². The molecule has 6 heteroatoms. The quantitative estimate of drug-likeness (QED) is 0.713. The first-order valence-electron chi connectivity index (χ1n) is 6.23. The lowest BCUT2D eigenvalue weighted by Gasteiger charge is -2.06. The lowest BCUT2D eigenvalue weighted by atomic mass is 10.3. The van der Waals surface area contributed by atoms with E-state index >= 15 is 0 Å². The molecule has 0 saturated heterocycles. The molecule has 0 aliphatic heterocycles. The molecule has 1 aromatic heterocycles. The summed E-state index contributed by atoms with van der Waals surface area (Å²) >= 11 is 0. The molecule has 0 spiro atoms. The molecule has 0 aliphatic carbocycles. The van der Waals surface area contributed by atoms with Gasteiger partial charge in [0.25, 0.3) is 0 Å². The standard InChI is InChI=1S/C13H18N4O2/c14-10-12-11-17(16-15-12)6-7-18-8-9-19-13-4-2-1-3-5-13/h1-5,11H,6-10,14H2. The van der Waals surface area contributed by atoms with Crippen molar-refractivity contribution in [2.75, 3.05) is 19.8 Å². The average molecular weight is 262 g/mol. The molecule has 0 saturated carbocycles. The molecule has 0 bridgehead atoms. The van der Waals surface area contributed by atoms with Crippen molar-refractivity contribution in [3.05, 3.63) is 42.2 Å². The maximum Gasteiger partial charge on any atom is 0.119 e. The molecule has 0 atom stereocenters. The van der Waals surface area contributed by atoms with Crippen molar-refractivity contribution in [3.8, 4) is 5.75 Å². The summed E-state index contributed by atoms with van der Waals surface area (Å²) < 4.78 is 12.7. The number of rotatable bonds is 8. The van der Waals surface area contributed by atoms with E-state index in [9.17, 15) is 0 Å². The highest BCUT2D eigenvalue weighted by atomic mass is 16.5. The third kappa shape index (κ3) is 4.69. The second-order valence-electron chi connectivity index (χ2n) is 3.95. The highest BCUT2D eigenvalue weighted by molar-refractivity contribution is 5.20. The van der Waals surface area contributed by atoms with Crippen molar-refractivity contribution < 1.29 is 9.47 Å². The minimum Gasteiger partial charge on any atom is -0.491 e. The van der Waals surface area contributed by atoms with E-state index in [1.54, 1.807) is 4.68 Å². The van der Waals surface area contributed by atoms with Gasteiger partial charge in [-0.2, -0.15) is 0 Å². The fourth-order valence-corrected chi connectivity index (χ4v) is 1.54. The Morgan fingerprint density at radius 3 is 2.68 bits per heavy atom. The van der Waals surface area contributed by atoms with E-state index in [2.05, 4.69) is 10.3 Å². The Balaban J connectivity index is 1.55. The lowest BCUT2D eigenvalue weighted by Crippen LogP contribution is -2.11. The van der Waals surface area contributed by atoms with Crippen LogP contribution in [-0.4, -0.2) is 34.8 Å². The Kier molecular flexibility index (Phi) is 5.33. The molecule has 102 valence electrons. The first-order chi connectivity index (χ1) is 9.38. The Hall–Kier alpha value is -1.92. The summed E-state index contributed by atoms with van der Waals surface area (Å²) in [5.74, 6) is 0.856. The van der Waals surface area contributed by atoms with Gasteiger partial charge >= 0.3 is 0 Å². The molecule has 6 nitrogen and oxygen atoms in total. The molecule has 0 aliphatic rings. The van der Waals surface area contributed by atoms with E-state index in [1.165, 1.54) is 0 Å². The monoisotopic (exact) mass is 262 g/mol. The summed E-state index contributed by atoms with van der Waals surface area (Å²) in [6.07, 6.45) is 1.82. The second kappa shape index (κ2) is 7.50. The van der Waals surface area contributed by atoms with Crippen molar-refractivity contribution in [1.29, 1.82) is 0 Å². The third-order valence-corrected chi connectivity index (χ3v) is 2.50. The van der Waals surface area contributed by atoms with Gasteiger partial charge in [-0.15, -0.1) is 5.10 Å². The van der Waals surface area contributed by atoms with Gasteiger partial charge in [0.05, 0.1) is 25.5 Å². The number of hydrogen-bond donors (Lipinski definition) is 1.